The molecular formula is C27H27N2O6+. The molecule has 3 aromatic carbocycles. The molecule has 5 rings (SSSR count). The van der Waals surface area contributed by atoms with Crippen LogP contribution in [-0.2, 0) is 4.74 Å². The van der Waals surface area contributed by atoms with Crippen molar-refractivity contribution in [1.82, 2.24) is 5.32 Å². The minimum atomic E-state index is -0.381. The quantitative estimate of drug-likeness (QED) is 0.470. The van der Waals surface area contributed by atoms with E-state index in [-0.39, 0.29) is 30.7 Å². The van der Waals surface area contributed by atoms with Gasteiger partial charge in [0.1, 0.15) is 6.04 Å². The van der Waals surface area contributed by atoms with Crippen molar-refractivity contribution < 1.29 is 34.2 Å². The number of esters is 1. The van der Waals surface area contributed by atoms with E-state index in [4.69, 9.17) is 18.9 Å². The van der Waals surface area contributed by atoms with Gasteiger partial charge < -0.3 is 34.7 Å². The van der Waals surface area contributed by atoms with E-state index in [1.54, 1.807) is 18.2 Å². The summed E-state index contributed by atoms with van der Waals surface area (Å²) >= 11 is 0. The molecule has 2 unspecified atom stereocenters. The molecule has 0 bridgehead atoms. The number of benzene rings is 3. The number of carbonyl (C=O) groups excluding carboxylic acids is 1. The zero-order valence-electron chi connectivity index (χ0n) is 19.5. The van der Waals surface area contributed by atoms with Crippen LogP contribution in [-0.4, -0.2) is 31.6 Å². The molecule has 0 amide bonds. The van der Waals surface area contributed by atoms with Gasteiger partial charge in [0.15, 0.2) is 29.2 Å². The second-order valence-electron chi connectivity index (χ2n) is 8.23. The molecule has 8 heteroatoms. The van der Waals surface area contributed by atoms with E-state index < -0.39 is 0 Å². The summed E-state index contributed by atoms with van der Waals surface area (Å²) in [5.41, 5.74) is 4.02. The minimum Gasteiger partial charge on any atom is -0.504 e. The van der Waals surface area contributed by atoms with Gasteiger partial charge in [0.2, 0.25) is 6.79 Å². The summed E-state index contributed by atoms with van der Waals surface area (Å²) in [5, 5.41) is 16.7. The molecule has 0 spiro atoms. The highest BCUT2D eigenvalue weighted by atomic mass is 16.7. The lowest BCUT2D eigenvalue weighted by atomic mass is 9.97. The van der Waals surface area contributed by atoms with Gasteiger partial charge in [0.25, 0.3) is 0 Å². The van der Waals surface area contributed by atoms with Crippen LogP contribution in [0.2, 0.25) is 0 Å². The number of aromatic hydroxyl groups is 1. The van der Waals surface area contributed by atoms with E-state index in [2.05, 4.69) is 16.7 Å². The Bertz CT molecular complexity index is 1270. The number of nitrogens with two attached hydrogens (primary N) is 1. The number of hydrogen-bond acceptors (Lipinski definition) is 7. The summed E-state index contributed by atoms with van der Waals surface area (Å²) in [4.78, 5) is 11.9. The van der Waals surface area contributed by atoms with Crippen LogP contribution in [0.15, 0.2) is 66.7 Å². The molecule has 2 heterocycles. The lowest BCUT2D eigenvalue weighted by Gasteiger charge is -2.30. The lowest BCUT2D eigenvalue weighted by Crippen LogP contribution is -2.89. The zero-order valence-corrected chi connectivity index (χ0v) is 19.5. The van der Waals surface area contributed by atoms with Crippen molar-refractivity contribution in [3.05, 3.63) is 89.0 Å². The standard InChI is InChI=1S/C27H26N2O6/c1-3-33-23-6-4-5-19(25(23)30)21-14-20(18-11-12-22-24(13-18)35-15-34-22)28-26(29-21)16-7-9-17(10-8-16)27(31)32-2/h4-14,21,26,28-30H,3,15H2,1-2H3/p+1. The largest absolute Gasteiger partial charge is 0.504 e. The second kappa shape index (κ2) is 9.60. The molecule has 0 saturated carbocycles. The predicted molar refractivity (Wildman–Crippen MR) is 128 cm³/mol. The molecular weight excluding hydrogens is 448 g/mol. The topological polar surface area (TPSA) is 103 Å². The van der Waals surface area contributed by atoms with Gasteiger partial charge >= 0.3 is 5.97 Å². The number of para-hydroxylation sites is 1. The van der Waals surface area contributed by atoms with Crippen molar-refractivity contribution in [3.63, 3.8) is 0 Å². The predicted octanol–water partition coefficient (Wildman–Crippen LogP) is 3.25. The molecule has 8 nitrogen and oxygen atoms in total. The van der Waals surface area contributed by atoms with Crippen LogP contribution < -0.4 is 24.8 Å². The van der Waals surface area contributed by atoms with Gasteiger partial charge in [-0.05, 0) is 49.4 Å². The maximum Gasteiger partial charge on any atom is 0.337 e. The van der Waals surface area contributed by atoms with Crippen LogP contribution in [0.25, 0.3) is 5.70 Å². The van der Waals surface area contributed by atoms with Crippen molar-refractivity contribution in [2.45, 2.75) is 19.1 Å². The highest BCUT2D eigenvalue weighted by Gasteiger charge is 2.31. The van der Waals surface area contributed by atoms with Crippen LogP contribution >= 0.6 is 0 Å². The normalized spacial score (nSPS) is 18.4. The van der Waals surface area contributed by atoms with Crippen molar-refractivity contribution in [2.75, 3.05) is 20.5 Å². The number of phenolic OH excluding ortho intramolecular Hbond substituents is 1. The Morgan fingerprint density at radius 1 is 1.11 bits per heavy atom. The van der Waals surface area contributed by atoms with E-state index in [1.165, 1.54) is 7.11 Å². The van der Waals surface area contributed by atoms with Gasteiger partial charge in [-0.1, -0.05) is 18.2 Å². The van der Waals surface area contributed by atoms with E-state index in [1.807, 2.05) is 49.4 Å². The molecule has 2 atom stereocenters. The second-order valence-corrected chi connectivity index (χ2v) is 8.23. The van der Waals surface area contributed by atoms with Crippen molar-refractivity contribution in [3.8, 4) is 23.0 Å². The Morgan fingerprint density at radius 3 is 2.69 bits per heavy atom. The van der Waals surface area contributed by atoms with E-state index >= 15 is 0 Å². The molecule has 2 aliphatic rings. The smallest absolute Gasteiger partial charge is 0.337 e. The number of phenols is 1. The Labute approximate surface area is 203 Å². The average Bonchev–Trinajstić information content (AvgIpc) is 3.37. The van der Waals surface area contributed by atoms with Crippen LogP contribution in [0.4, 0.5) is 0 Å². The third-order valence-corrected chi connectivity index (χ3v) is 6.12. The van der Waals surface area contributed by atoms with Crippen molar-refractivity contribution >= 4 is 11.7 Å². The maximum atomic E-state index is 11.9. The average molecular weight is 476 g/mol. The molecule has 0 saturated heterocycles. The van der Waals surface area contributed by atoms with Crippen molar-refractivity contribution in [1.29, 1.82) is 0 Å². The molecule has 3 aromatic rings. The first-order chi connectivity index (χ1) is 17.1. The number of quaternary nitrogens is 1. The summed E-state index contributed by atoms with van der Waals surface area (Å²) < 4.78 is 21.5. The molecule has 0 aliphatic carbocycles. The van der Waals surface area contributed by atoms with Gasteiger partial charge in [-0.15, -0.1) is 0 Å². The third-order valence-electron chi connectivity index (χ3n) is 6.12. The highest BCUT2D eigenvalue weighted by molar-refractivity contribution is 5.89. The number of hydrogen-bond donors (Lipinski definition) is 3. The fourth-order valence-electron chi connectivity index (χ4n) is 4.36. The van der Waals surface area contributed by atoms with Crippen LogP contribution in [0, 0.1) is 0 Å². The summed E-state index contributed by atoms with van der Waals surface area (Å²) in [6.45, 7) is 2.55. The van der Waals surface area contributed by atoms with E-state index in [0.29, 0.717) is 29.4 Å². The molecule has 0 aromatic heterocycles. The first kappa shape index (κ1) is 22.6. The fourth-order valence-corrected chi connectivity index (χ4v) is 4.36. The molecule has 0 fully saturated rings. The van der Waals surface area contributed by atoms with E-state index in [0.717, 1.165) is 22.4 Å². The molecule has 35 heavy (non-hydrogen) atoms. The molecule has 2 aliphatic heterocycles. The van der Waals surface area contributed by atoms with Gasteiger partial charge in [0.05, 0.1) is 24.8 Å². The first-order valence-electron chi connectivity index (χ1n) is 11.4. The lowest BCUT2D eigenvalue weighted by molar-refractivity contribution is -0.731. The van der Waals surface area contributed by atoms with Gasteiger partial charge in [-0.25, -0.2) is 4.79 Å². The number of carbonyl (C=O) groups is 1. The molecule has 4 N–H and O–H groups in total. The molecule has 180 valence electrons. The summed E-state index contributed by atoms with van der Waals surface area (Å²) in [5.74, 6) is 1.60. The number of methoxy groups -OCH3 is 1. The number of nitrogens with one attached hydrogen (secondary N) is 1. The minimum absolute atomic E-state index is 0.124. The van der Waals surface area contributed by atoms with Crippen molar-refractivity contribution in [2.24, 2.45) is 0 Å². The van der Waals surface area contributed by atoms with Gasteiger partial charge in [-0.3, -0.25) is 0 Å². The number of rotatable bonds is 6. The van der Waals surface area contributed by atoms with Gasteiger partial charge in [-0.2, -0.15) is 0 Å². The van der Waals surface area contributed by atoms with E-state index in [9.17, 15) is 9.90 Å². The van der Waals surface area contributed by atoms with Crippen LogP contribution in [0.3, 0.4) is 0 Å². The number of fused-ring (bicyclic) bond motifs is 1. The Kier molecular flexibility index (Phi) is 6.20. The summed E-state index contributed by atoms with van der Waals surface area (Å²) in [6.07, 6.45) is 1.88. The Balaban J connectivity index is 1.53. The Morgan fingerprint density at radius 2 is 1.91 bits per heavy atom. The summed E-state index contributed by atoms with van der Waals surface area (Å²) in [6, 6.07) is 18.4. The fraction of sp³-hybridized carbons (Fsp3) is 0.222. The highest BCUT2D eigenvalue weighted by Crippen LogP contribution is 2.38. The third kappa shape index (κ3) is 4.48. The SMILES string of the molecule is CCOc1cccc(C2C=C(c3ccc4c(c3)OCO4)NC(c3ccc(C(=O)OC)cc3)[NH2+]2)c1O. The maximum absolute atomic E-state index is 11.9. The number of ether oxygens (including phenoxy) is 4. The Hall–Kier alpha value is -4.17. The van der Waals surface area contributed by atoms with Gasteiger partial charge in [0, 0.05) is 22.9 Å². The van der Waals surface area contributed by atoms with Crippen LogP contribution in [0.1, 0.15) is 46.2 Å². The molecule has 0 radical (unpaired) electrons. The monoisotopic (exact) mass is 475 g/mol. The first-order valence-corrected chi connectivity index (χ1v) is 11.4. The van der Waals surface area contributed by atoms with Crippen LogP contribution in [0.5, 0.6) is 23.0 Å². The summed E-state index contributed by atoms with van der Waals surface area (Å²) in [7, 11) is 1.36. The zero-order chi connectivity index (χ0) is 24.4.